The van der Waals surface area contributed by atoms with Crippen molar-refractivity contribution < 1.29 is 14.3 Å². The number of fused-ring (bicyclic) bond motifs is 1. The van der Waals surface area contributed by atoms with Gasteiger partial charge in [-0.2, -0.15) is 0 Å². The Morgan fingerprint density at radius 1 is 1.03 bits per heavy atom. The molecule has 0 bridgehead atoms. The summed E-state index contributed by atoms with van der Waals surface area (Å²) in [5, 5.41) is 0. The van der Waals surface area contributed by atoms with Crippen molar-refractivity contribution >= 4 is 22.8 Å². The molecule has 0 radical (unpaired) electrons. The molecular weight excluding hydrogens is 456 g/mol. The lowest BCUT2D eigenvalue weighted by Crippen LogP contribution is -2.51. The summed E-state index contributed by atoms with van der Waals surface area (Å²) in [6.07, 6.45) is 8.13. The van der Waals surface area contributed by atoms with Crippen LogP contribution in [0.4, 0.5) is 0 Å². The average Bonchev–Trinajstić information content (AvgIpc) is 3.24. The minimum Gasteiger partial charge on any atom is -0.364 e. The van der Waals surface area contributed by atoms with E-state index < -0.39 is 0 Å². The third-order valence-corrected chi connectivity index (χ3v) is 7.58. The van der Waals surface area contributed by atoms with Crippen molar-refractivity contribution in [1.29, 1.82) is 0 Å². The quantitative estimate of drug-likeness (QED) is 0.527. The van der Waals surface area contributed by atoms with Crippen molar-refractivity contribution in [3.05, 3.63) is 53.9 Å². The summed E-state index contributed by atoms with van der Waals surface area (Å²) in [6.45, 7) is 4.36. The van der Waals surface area contributed by atoms with Crippen molar-refractivity contribution in [2.45, 2.75) is 51.7 Å². The van der Waals surface area contributed by atoms with Gasteiger partial charge in [-0.05, 0) is 57.1 Å². The van der Waals surface area contributed by atoms with Crippen LogP contribution in [0.15, 0.2) is 36.7 Å². The van der Waals surface area contributed by atoms with Crippen LogP contribution in [0.3, 0.4) is 0 Å². The molecule has 2 aromatic heterocycles. The zero-order valence-electron chi connectivity index (χ0n) is 21.1. The largest absolute Gasteiger partial charge is 0.364 e. The average molecular weight is 491 g/mol. The zero-order chi connectivity index (χ0) is 25.1. The molecule has 2 aliphatic rings. The lowest BCUT2D eigenvalue weighted by Gasteiger charge is -2.43. The predicted molar refractivity (Wildman–Crippen MR) is 135 cm³/mol. The molecule has 2 amide bonds. The number of carbonyl (C=O) groups excluding carboxylic acids is 2. The van der Waals surface area contributed by atoms with E-state index in [1.807, 2.05) is 52.6 Å². The van der Waals surface area contributed by atoms with Crippen molar-refractivity contribution in [2.24, 2.45) is 13.0 Å². The predicted octanol–water partition coefficient (Wildman–Crippen LogP) is 3.12. The number of piperidine rings is 2. The molecule has 1 atom stereocenters. The fourth-order valence-corrected chi connectivity index (χ4v) is 5.55. The molecule has 2 saturated heterocycles. The highest BCUT2D eigenvalue weighted by Gasteiger charge is 2.35. The van der Waals surface area contributed by atoms with E-state index in [1.165, 1.54) is 0 Å². The normalized spacial score (nSPS) is 19.1. The number of carbonyl (C=O) groups is 2. The Kier molecular flexibility index (Phi) is 7.27. The van der Waals surface area contributed by atoms with Gasteiger partial charge in [-0.15, -0.1) is 0 Å². The Balaban J connectivity index is 1.15. The van der Waals surface area contributed by atoms with E-state index in [1.54, 1.807) is 12.4 Å². The maximum atomic E-state index is 13.2. The minimum absolute atomic E-state index is 0.0481. The number of imidazole rings is 1. The van der Waals surface area contributed by atoms with Crippen molar-refractivity contribution in [1.82, 2.24) is 29.3 Å². The van der Waals surface area contributed by atoms with Gasteiger partial charge in [0.05, 0.1) is 22.9 Å². The van der Waals surface area contributed by atoms with E-state index in [2.05, 4.69) is 15.0 Å². The smallest absolute Gasteiger partial charge is 0.274 e. The molecule has 2 aliphatic heterocycles. The first-order valence-corrected chi connectivity index (χ1v) is 12.9. The molecule has 0 saturated carbocycles. The molecule has 9 nitrogen and oxygen atoms in total. The highest BCUT2D eigenvalue weighted by molar-refractivity contribution is 5.92. The number of aromatic nitrogens is 4. The van der Waals surface area contributed by atoms with Gasteiger partial charge >= 0.3 is 0 Å². The van der Waals surface area contributed by atoms with Gasteiger partial charge < -0.3 is 19.1 Å². The van der Waals surface area contributed by atoms with Gasteiger partial charge in [0, 0.05) is 38.9 Å². The van der Waals surface area contributed by atoms with Crippen LogP contribution < -0.4 is 0 Å². The van der Waals surface area contributed by atoms with Gasteiger partial charge in [0.2, 0.25) is 5.91 Å². The molecule has 3 aromatic rings. The van der Waals surface area contributed by atoms with Gasteiger partial charge in [0.25, 0.3) is 5.91 Å². The van der Waals surface area contributed by atoms with Crippen LogP contribution in [0.25, 0.3) is 11.0 Å². The Bertz CT molecular complexity index is 1220. The standard InChI is InChI=1S/C27H34N6O3/c1-19-15-29-22(16-28-19)27(35)32-13-10-20(11-14-32)23-8-5-6-12-33(23)26(34)18-36-17-25-30-21-7-3-4-9-24(21)31(25)2/h3-4,7,9,15-16,20,23H,5-6,8,10-14,17-18H2,1-2H3/t23-/m0/s1. The number of hydrogen-bond acceptors (Lipinski definition) is 6. The SMILES string of the molecule is Cc1cnc(C(=O)N2CCC([C@@H]3CCCCN3C(=O)COCc3nc4ccccc4n3C)CC2)cn1. The molecule has 190 valence electrons. The number of ether oxygens (including phenoxy) is 1. The summed E-state index contributed by atoms with van der Waals surface area (Å²) >= 11 is 0. The van der Waals surface area contributed by atoms with E-state index in [4.69, 9.17) is 4.74 Å². The van der Waals surface area contributed by atoms with E-state index in [9.17, 15) is 9.59 Å². The summed E-state index contributed by atoms with van der Waals surface area (Å²) in [4.78, 5) is 43.0. The second-order valence-corrected chi connectivity index (χ2v) is 9.89. The summed E-state index contributed by atoms with van der Waals surface area (Å²) in [6, 6.07) is 8.18. The van der Waals surface area contributed by atoms with Crippen LogP contribution in [0.5, 0.6) is 0 Å². The molecule has 0 spiro atoms. The Morgan fingerprint density at radius 3 is 2.58 bits per heavy atom. The third-order valence-electron chi connectivity index (χ3n) is 7.58. The number of amides is 2. The second-order valence-electron chi connectivity index (χ2n) is 9.89. The Hall–Kier alpha value is -3.33. The van der Waals surface area contributed by atoms with Gasteiger partial charge in [0.1, 0.15) is 24.7 Å². The zero-order valence-corrected chi connectivity index (χ0v) is 21.1. The Morgan fingerprint density at radius 2 is 1.83 bits per heavy atom. The van der Waals surface area contributed by atoms with E-state index in [-0.39, 0.29) is 24.5 Å². The van der Waals surface area contributed by atoms with Crippen LogP contribution in [0.1, 0.15) is 54.1 Å². The molecule has 0 N–H and O–H groups in total. The summed E-state index contributed by atoms with van der Waals surface area (Å²) in [5.41, 5.74) is 3.17. The third kappa shape index (κ3) is 5.11. The summed E-state index contributed by atoms with van der Waals surface area (Å²) < 4.78 is 7.86. The van der Waals surface area contributed by atoms with E-state index >= 15 is 0 Å². The molecule has 0 aliphatic carbocycles. The number of benzene rings is 1. The number of aryl methyl sites for hydroxylation is 2. The van der Waals surface area contributed by atoms with Gasteiger partial charge in [-0.25, -0.2) is 9.97 Å². The molecular formula is C27H34N6O3. The van der Waals surface area contributed by atoms with Crippen LogP contribution in [-0.2, 0) is 23.2 Å². The molecule has 36 heavy (non-hydrogen) atoms. The topological polar surface area (TPSA) is 93.5 Å². The lowest BCUT2D eigenvalue weighted by molar-refractivity contribution is -0.142. The molecule has 1 aromatic carbocycles. The minimum atomic E-state index is -0.0622. The molecule has 9 heteroatoms. The van der Waals surface area contributed by atoms with Crippen molar-refractivity contribution in [2.75, 3.05) is 26.2 Å². The van der Waals surface area contributed by atoms with Crippen LogP contribution >= 0.6 is 0 Å². The first kappa shape index (κ1) is 24.4. The van der Waals surface area contributed by atoms with Crippen molar-refractivity contribution in [3.63, 3.8) is 0 Å². The molecule has 0 unspecified atom stereocenters. The van der Waals surface area contributed by atoms with Crippen LogP contribution in [0.2, 0.25) is 0 Å². The molecule has 2 fully saturated rings. The first-order chi connectivity index (χ1) is 17.5. The summed E-state index contributed by atoms with van der Waals surface area (Å²) in [5.74, 6) is 1.19. The second kappa shape index (κ2) is 10.7. The first-order valence-electron chi connectivity index (χ1n) is 12.9. The maximum absolute atomic E-state index is 13.2. The van der Waals surface area contributed by atoms with Gasteiger partial charge in [0.15, 0.2) is 0 Å². The van der Waals surface area contributed by atoms with Crippen molar-refractivity contribution in [3.8, 4) is 0 Å². The fourth-order valence-electron chi connectivity index (χ4n) is 5.55. The molecule has 5 rings (SSSR count). The van der Waals surface area contributed by atoms with Gasteiger partial charge in [-0.3, -0.25) is 14.6 Å². The lowest BCUT2D eigenvalue weighted by atomic mass is 9.83. The van der Waals surface area contributed by atoms with E-state index in [0.717, 1.165) is 61.2 Å². The molecule has 4 heterocycles. The number of nitrogens with zero attached hydrogens (tertiary/aromatic N) is 6. The highest BCUT2D eigenvalue weighted by Crippen LogP contribution is 2.31. The van der Waals surface area contributed by atoms with Crippen LogP contribution in [-0.4, -0.2) is 73.4 Å². The van der Waals surface area contributed by atoms with E-state index in [0.29, 0.717) is 31.3 Å². The Labute approximate surface area is 211 Å². The van der Waals surface area contributed by atoms with Gasteiger partial charge in [-0.1, -0.05) is 12.1 Å². The summed E-state index contributed by atoms with van der Waals surface area (Å²) in [7, 11) is 1.97. The highest BCUT2D eigenvalue weighted by atomic mass is 16.5. The fraction of sp³-hybridized carbons (Fsp3) is 0.519. The number of likely N-dealkylation sites (tertiary alicyclic amines) is 2. The number of rotatable bonds is 6. The van der Waals surface area contributed by atoms with Crippen LogP contribution in [0, 0.1) is 12.8 Å². The number of para-hydroxylation sites is 2. The number of hydrogen-bond donors (Lipinski definition) is 0. The maximum Gasteiger partial charge on any atom is 0.274 e. The monoisotopic (exact) mass is 490 g/mol.